The maximum Gasteiger partial charge on any atom is 0.240 e. The van der Waals surface area contributed by atoms with Crippen molar-refractivity contribution in [3.8, 4) is 0 Å². The van der Waals surface area contributed by atoms with Gasteiger partial charge < -0.3 is 4.90 Å². The third kappa shape index (κ3) is 4.67. The zero-order valence-electron chi connectivity index (χ0n) is 15.1. The van der Waals surface area contributed by atoms with Crippen LogP contribution in [0.15, 0.2) is 59.8 Å². The fraction of sp³-hybridized carbons (Fsp3) is 0.421. The third-order valence-electron chi connectivity index (χ3n) is 4.88. The molecule has 0 amide bonds. The Balaban J connectivity index is 1.74. The SMILES string of the molecule is CCN1CCN([C@H](CNS(=O)(=O)c2ccccc2)c2cccnc2)CC1. The van der Waals surface area contributed by atoms with Gasteiger partial charge in [-0.25, -0.2) is 13.1 Å². The van der Waals surface area contributed by atoms with E-state index in [1.165, 1.54) is 0 Å². The molecule has 3 rings (SSSR count). The number of sulfonamides is 1. The summed E-state index contributed by atoms with van der Waals surface area (Å²) in [5.41, 5.74) is 1.04. The molecule has 0 aliphatic carbocycles. The van der Waals surface area contributed by atoms with Crippen LogP contribution >= 0.6 is 0 Å². The largest absolute Gasteiger partial charge is 0.301 e. The summed E-state index contributed by atoms with van der Waals surface area (Å²) < 4.78 is 28.0. The minimum atomic E-state index is -3.52. The van der Waals surface area contributed by atoms with Crippen molar-refractivity contribution in [1.29, 1.82) is 0 Å². The van der Waals surface area contributed by atoms with Gasteiger partial charge in [0.05, 0.1) is 4.90 Å². The molecule has 0 radical (unpaired) electrons. The average molecular weight is 375 g/mol. The van der Waals surface area contributed by atoms with E-state index in [1.807, 2.05) is 24.4 Å². The van der Waals surface area contributed by atoms with Crippen molar-refractivity contribution in [1.82, 2.24) is 19.5 Å². The Labute approximate surface area is 155 Å². The number of aromatic nitrogens is 1. The number of rotatable bonds is 7. The van der Waals surface area contributed by atoms with Crippen LogP contribution in [0.25, 0.3) is 0 Å². The molecule has 1 atom stereocenters. The Morgan fingerprint density at radius 3 is 2.42 bits per heavy atom. The first-order valence-electron chi connectivity index (χ1n) is 9.01. The minimum Gasteiger partial charge on any atom is -0.301 e. The lowest BCUT2D eigenvalue weighted by molar-refractivity contribution is 0.100. The molecule has 2 heterocycles. The summed E-state index contributed by atoms with van der Waals surface area (Å²) in [7, 11) is -3.52. The number of nitrogens with zero attached hydrogens (tertiary/aromatic N) is 3. The van der Waals surface area contributed by atoms with Gasteiger partial charge in [-0.05, 0) is 30.3 Å². The van der Waals surface area contributed by atoms with Gasteiger partial charge in [0.1, 0.15) is 0 Å². The predicted octanol–water partition coefficient (Wildman–Crippen LogP) is 1.74. The molecule has 1 aliphatic heterocycles. The summed E-state index contributed by atoms with van der Waals surface area (Å²) >= 11 is 0. The van der Waals surface area contributed by atoms with Gasteiger partial charge in [0.25, 0.3) is 0 Å². The average Bonchev–Trinajstić information content (AvgIpc) is 2.70. The van der Waals surface area contributed by atoms with Crippen molar-refractivity contribution < 1.29 is 8.42 Å². The molecule has 0 spiro atoms. The van der Waals surface area contributed by atoms with E-state index in [9.17, 15) is 8.42 Å². The highest BCUT2D eigenvalue weighted by molar-refractivity contribution is 7.89. The van der Waals surface area contributed by atoms with Gasteiger partial charge in [0.2, 0.25) is 10.0 Å². The molecule has 1 N–H and O–H groups in total. The molecule has 140 valence electrons. The normalized spacial score (nSPS) is 17.9. The number of pyridine rings is 1. The Morgan fingerprint density at radius 2 is 1.81 bits per heavy atom. The topological polar surface area (TPSA) is 65.5 Å². The van der Waals surface area contributed by atoms with Crippen LogP contribution in [-0.4, -0.2) is 62.5 Å². The standard InChI is InChI=1S/C19H26N4O2S/c1-2-22-11-13-23(14-12-22)19(17-7-6-10-20-15-17)16-21-26(24,25)18-8-4-3-5-9-18/h3-10,15,19,21H,2,11-14,16H2,1H3/t19-/m1/s1. The van der Waals surface area contributed by atoms with Gasteiger partial charge in [-0.3, -0.25) is 9.88 Å². The number of likely N-dealkylation sites (N-methyl/N-ethyl adjacent to an activating group) is 1. The Morgan fingerprint density at radius 1 is 1.08 bits per heavy atom. The number of nitrogens with one attached hydrogen (secondary N) is 1. The van der Waals surface area contributed by atoms with Crippen LogP contribution in [0.3, 0.4) is 0 Å². The van der Waals surface area contributed by atoms with E-state index < -0.39 is 10.0 Å². The van der Waals surface area contributed by atoms with Crippen molar-refractivity contribution in [3.63, 3.8) is 0 Å². The Bertz CT molecular complexity index is 776. The summed E-state index contributed by atoms with van der Waals surface area (Å²) in [4.78, 5) is 9.26. The van der Waals surface area contributed by atoms with Gasteiger partial charge in [-0.1, -0.05) is 31.2 Å². The lowest BCUT2D eigenvalue weighted by atomic mass is 10.1. The van der Waals surface area contributed by atoms with Gasteiger partial charge in [0, 0.05) is 51.2 Å². The second-order valence-corrected chi connectivity index (χ2v) is 8.20. The first-order valence-corrected chi connectivity index (χ1v) is 10.5. The minimum absolute atomic E-state index is 0.0267. The molecular formula is C19H26N4O2S. The molecule has 0 saturated carbocycles. The monoisotopic (exact) mass is 374 g/mol. The zero-order valence-corrected chi connectivity index (χ0v) is 15.9. The van der Waals surface area contributed by atoms with Crippen LogP contribution in [0.5, 0.6) is 0 Å². The second-order valence-electron chi connectivity index (χ2n) is 6.44. The third-order valence-corrected chi connectivity index (χ3v) is 6.32. The van der Waals surface area contributed by atoms with E-state index >= 15 is 0 Å². The van der Waals surface area contributed by atoms with Crippen molar-refractivity contribution >= 4 is 10.0 Å². The molecule has 26 heavy (non-hydrogen) atoms. The first kappa shape index (κ1) is 19.0. The molecular weight excluding hydrogens is 348 g/mol. The highest BCUT2D eigenvalue weighted by atomic mass is 32.2. The van der Waals surface area contributed by atoms with Gasteiger partial charge in [-0.2, -0.15) is 0 Å². The molecule has 1 aromatic heterocycles. The highest BCUT2D eigenvalue weighted by Gasteiger charge is 2.26. The summed E-state index contributed by atoms with van der Waals surface area (Å²) in [6.07, 6.45) is 3.57. The Kier molecular flexibility index (Phi) is 6.37. The maximum atomic E-state index is 12.6. The van der Waals surface area contributed by atoms with Gasteiger partial charge in [0.15, 0.2) is 0 Å². The molecule has 1 aromatic carbocycles. The van der Waals surface area contributed by atoms with E-state index in [1.54, 1.807) is 30.5 Å². The summed E-state index contributed by atoms with van der Waals surface area (Å²) in [6.45, 7) is 7.38. The predicted molar refractivity (Wildman–Crippen MR) is 102 cm³/mol. The van der Waals surface area contributed by atoms with Crippen LogP contribution in [-0.2, 0) is 10.0 Å². The molecule has 1 fully saturated rings. The van der Waals surface area contributed by atoms with E-state index in [0.29, 0.717) is 11.4 Å². The number of hydrogen-bond donors (Lipinski definition) is 1. The molecule has 1 aliphatic rings. The lowest BCUT2D eigenvalue weighted by Gasteiger charge is -2.39. The van der Waals surface area contributed by atoms with Crippen LogP contribution in [0, 0.1) is 0 Å². The summed E-state index contributed by atoms with van der Waals surface area (Å²) in [5, 5.41) is 0. The first-order chi connectivity index (χ1) is 12.6. The molecule has 6 nitrogen and oxygen atoms in total. The van der Waals surface area contributed by atoms with Crippen molar-refractivity contribution in [2.75, 3.05) is 39.3 Å². The van der Waals surface area contributed by atoms with Crippen LogP contribution < -0.4 is 4.72 Å². The molecule has 0 unspecified atom stereocenters. The van der Waals surface area contributed by atoms with E-state index in [-0.39, 0.29) is 6.04 Å². The fourth-order valence-electron chi connectivity index (χ4n) is 3.29. The van der Waals surface area contributed by atoms with Gasteiger partial charge in [-0.15, -0.1) is 0 Å². The highest BCUT2D eigenvalue weighted by Crippen LogP contribution is 2.22. The quantitative estimate of drug-likeness (QED) is 0.800. The fourth-order valence-corrected chi connectivity index (χ4v) is 4.35. The van der Waals surface area contributed by atoms with Crippen molar-refractivity contribution in [3.05, 3.63) is 60.4 Å². The van der Waals surface area contributed by atoms with Crippen molar-refractivity contribution in [2.24, 2.45) is 0 Å². The van der Waals surface area contributed by atoms with E-state index in [2.05, 4.69) is 26.4 Å². The van der Waals surface area contributed by atoms with E-state index in [0.717, 1.165) is 38.3 Å². The van der Waals surface area contributed by atoms with E-state index in [4.69, 9.17) is 0 Å². The Hall–Kier alpha value is -1.80. The number of benzene rings is 1. The lowest BCUT2D eigenvalue weighted by Crippen LogP contribution is -2.49. The second kappa shape index (κ2) is 8.73. The molecule has 2 aromatic rings. The molecule has 0 bridgehead atoms. The summed E-state index contributed by atoms with van der Waals surface area (Å²) in [5.74, 6) is 0. The number of piperazine rings is 1. The summed E-state index contributed by atoms with van der Waals surface area (Å²) in [6, 6.07) is 12.4. The molecule has 7 heteroatoms. The zero-order chi connectivity index (χ0) is 18.4. The number of hydrogen-bond acceptors (Lipinski definition) is 5. The molecule has 1 saturated heterocycles. The van der Waals surface area contributed by atoms with Crippen LogP contribution in [0.4, 0.5) is 0 Å². The van der Waals surface area contributed by atoms with Crippen LogP contribution in [0.2, 0.25) is 0 Å². The van der Waals surface area contributed by atoms with Crippen molar-refractivity contribution in [2.45, 2.75) is 17.9 Å². The smallest absolute Gasteiger partial charge is 0.240 e. The maximum absolute atomic E-state index is 12.6. The van der Waals surface area contributed by atoms with Crippen LogP contribution in [0.1, 0.15) is 18.5 Å². The van der Waals surface area contributed by atoms with Gasteiger partial charge >= 0.3 is 0 Å².